The summed E-state index contributed by atoms with van der Waals surface area (Å²) in [5.74, 6) is -0.738. The van der Waals surface area contributed by atoms with Crippen LogP contribution in [0.4, 0.5) is 0 Å². The maximum atomic E-state index is 12.3. The highest BCUT2D eigenvalue weighted by Crippen LogP contribution is 2.26. The molecule has 0 spiro atoms. The molecule has 6 nitrogen and oxygen atoms in total. The smallest absolute Gasteiger partial charge is 0.310 e. The number of nitrogens with zero attached hydrogens (tertiary/aromatic N) is 2. The Kier molecular flexibility index (Phi) is 4.75. The second-order valence-electron chi connectivity index (χ2n) is 4.38. The number of hydrogen-bond donors (Lipinski definition) is 0. The molecule has 2 heterocycles. The second kappa shape index (κ2) is 6.35. The maximum Gasteiger partial charge on any atom is 0.310 e. The fourth-order valence-corrected chi connectivity index (χ4v) is 4.70. The molecule has 108 valence electrons. The van der Waals surface area contributed by atoms with E-state index in [-0.39, 0.29) is 12.5 Å². The van der Waals surface area contributed by atoms with Crippen molar-refractivity contribution in [2.75, 3.05) is 19.7 Å². The molecule has 1 fully saturated rings. The molecule has 0 radical (unpaired) electrons. The van der Waals surface area contributed by atoms with E-state index in [9.17, 15) is 13.2 Å². The first-order chi connectivity index (χ1) is 9.55. The zero-order valence-corrected chi connectivity index (χ0v) is 12.3. The minimum atomic E-state index is -3.44. The Labute approximate surface area is 121 Å². The van der Waals surface area contributed by atoms with E-state index < -0.39 is 16.0 Å². The zero-order valence-electron chi connectivity index (χ0n) is 10.7. The Balaban J connectivity index is 1.95. The summed E-state index contributed by atoms with van der Waals surface area (Å²) >= 11 is 1.18. The summed E-state index contributed by atoms with van der Waals surface area (Å²) < 4.78 is 31.0. The van der Waals surface area contributed by atoms with Gasteiger partial charge in [0.1, 0.15) is 10.3 Å². The van der Waals surface area contributed by atoms with Gasteiger partial charge in [0.05, 0.1) is 5.92 Å². The van der Waals surface area contributed by atoms with E-state index in [1.165, 1.54) is 15.6 Å². The number of carbonyl (C=O) groups is 1. The van der Waals surface area contributed by atoms with E-state index in [0.29, 0.717) is 30.1 Å². The molecule has 0 unspecified atom stereocenters. The third-order valence-electron chi connectivity index (χ3n) is 3.16. The number of rotatable bonds is 4. The Hall–Kier alpha value is -1.43. The van der Waals surface area contributed by atoms with Gasteiger partial charge in [-0.05, 0) is 24.3 Å². The molecule has 8 heteroatoms. The van der Waals surface area contributed by atoms with Crippen LogP contribution in [0.1, 0.15) is 12.8 Å². The van der Waals surface area contributed by atoms with E-state index in [2.05, 4.69) is 0 Å². The van der Waals surface area contributed by atoms with Gasteiger partial charge in [-0.2, -0.15) is 9.57 Å². The van der Waals surface area contributed by atoms with Crippen LogP contribution in [0.3, 0.4) is 0 Å². The predicted molar refractivity (Wildman–Crippen MR) is 72.4 cm³/mol. The highest BCUT2D eigenvalue weighted by atomic mass is 32.2. The van der Waals surface area contributed by atoms with Crippen molar-refractivity contribution in [2.24, 2.45) is 5.92 Å². The maximum absolute atomic E-state index is 12.3. The SMILES string of the molecule is N#CCOC(=O)C1CCN(S(=O)(=O)c2cccs2)CC1. The number of esters is 1. The molecule has 0 amide bonds. The lowest BCUT2D eigenvalue weighted by Crippen LogP contribution is -2.40. The van der Waals surface area contributed by atoms with Crippen LogP contribution in [-0.4, -0.2) is 38.4 Å². The number of piperidine rings is 1. The molecule has 1 aliphatic heterocycles. The Morgan fingerprint density at radius 1 is 1.50 bits per heavy atom. The third kappa shape index (κ3) is 3.17. The van der Waals surface area contributed by atoms with E-state index in [1.54, 1.807) is 23.6 Å². The molecule has 0 atom stereocenters. The van der Waals surface area contributed by atoms with Crippen LogP contribution in [0.5, 0.6) is 0 Å². The van der Waals surface area contributed by atoms with Crippen LogP contribution in [0.15, 0.2) is 21.7 Å². The lowest BCUT2D eigenvalue weighted by molar-refractivity contribution is -0.148. The molecule has 1 aromatic heterocycles. The summed E-state index contributed by atoms with van der Waals surface area (Å²) in [6.07, 6.45) is 0.851. The number of sulfonamides is 1. The van der Waals surface area contributed by atoms with Crippen molar-refractivity contribution < 1.29 is 17.9 Å². The van der Waals surface area contributed by atoms with Crippen molar-refractivity contribution in [1.29, 1.82) is 5.26 Å². The monoisotopic (exact) mass is 314 g/mol. The summed E-state index contributed by atoms with van der Waals surface area (Å²) in [4.78, 5) is 11.6. The van der Waals surface area contributed by atoms with Crippen molar-refractivity contribution in [3.05, 3.63) is 17.5 Å². The first kappa shape index (κ1) is 15.0. The number of carbonyl (C=O) groups excluding carboxylic acids is 1. The average molecular weight is 314 g/mol. The minimum Gasteiger partial charge on any atom is -0.450 e. The van der Waals surface area contributed by atoms with Gasteiger partial charge in [-0.25, -0.2) is 8.42 Å². The molecule has 1 aromatic rings. The normalized spacial score (nSPS) is 17.6. The van der Waals surface area contributed by atoms with Gasteiger partial charge in [0.15, 0.2) is 6.61 Å². The van der Waals surface area contributed by atoms with Gasteiger partial charge < -0.3 is 4.74 Å². The summed E-state index contributed by atoms with van der Waals surface area (Å²) in [5, 5.41) is 10.1. The topological polar surface area (TPSA) is 87.5 Å². The predicted octanol–water partition coefficient (Wildman–Crippen LogP) is 1.22. The highest BCUT2D eigenvalue weighted by molar-refractivity contribution is 7.91. The van der Waals surface area contributed by atoms with Crippen molar-refractivity contribution in [3.63, 3.8) is 0 Å². The first-order valence-corrected chi connectivity index (χ1v) is 8.45. The summed E-state index contributed by atoms with van der Waals surface area (Å²) in [6.45, 7) is 0.339. The number of ether oxygens (including phenoxy) is 1. The Bertz CT molecular complexity index is 596. The van der Waals surface area contributed by atoms with Gasteiger partial charge >= 0.3 is 5.97 Å². The lowest BCUT2D eigenvalue weighted by Gasteiger charge is -2.29. The van der Waals surface area contributed by atoms with Gasteiger partial charge in [0.2, 0.25) is 0 Å². The largest absolute Gasteiger partial charge is 0.450 e. The van der Waals surface area contributed by atoms with Gasteiger partial charge in [-0.3, -0.25) is 4.79 Å². The second-order valence-corrected chi connectivity index (χ2v) is 7.49. The van der Waals surface area contributed by atoms with Crippen LogP contribution in [0.2, 0.25) is 0 Å². The molecule has 0 saturated carbocycles. The zero-order chi connectivity index (χ0) is 14.6. The Morgan fingerprint density at radius 2 is 2.20 bits per heavy atom. The molecule has 2 rings (SSSR count). The van der Waals surface area contributed by atoms with Crippen LogP contribution >= 0.6 is 11.3 Å². The van der Waals surface area contributed by atoms with Gasteiger partial charge in [0, 0.05) is 13.1 Å². The summed E-state index contributed by atoms with van der Waals surface area (Å²) in [7, 11) is -3.44. The molecule has 0 aliphatic carbocycles. The van der Waals surface area contributed by atoms with Crippen molar-refractivity contribution in [3.8, 4) is 6.07 Å². The third-order valence-corrected chi connectivity index (χ3v) is 6.43. The summed E-state index contributed by atoms with van der Waals surface area (Å²) in [6, 6.07) is 5.02. The quantitative estimate of drug-likeness (QED) is 0.780. The summed E-state index contributed by atoms with van der Waals surface area (Å²) in [5.41, 5.74) is 0. The first-order valence-electron chi connectivity index (χ1n) is 6.13. The van der Waals surface area contributed by atoms with Gasteiger partial charge in [-0.1, -0.05) is 6.07 Å². The molecule has 1 aliphatic rings. The van der Waals surface area contributed by atoms with E-state index in [0.717, 1.165) is 0 Å². The number of nitriles is 1. The molecule has 0 N–H and O–H groups in total. The van der Waals surface area contributed by atoms with Crippen molar-refractivity contribution in [2.45, 2.75) is 17.1 Å². The minimum absolute atomic E-state index is 0.257. The standard InChI is InChI=1S/C12H14N2O4S2/c13-5-8-18-12(15)10-3-6-14(7-4-10)20(16,17)11-2-1-9-19-11/h1-2,9-10H,3-4,6-8H2. The van der Waals surface area contributed by atoms with Crippen molar-refractivity contribution >= 4 is 27.3 Å². The highest BCUT2D eigenvalue weighted by Gasteiger charge is 2.33. The number of thiophene rings is 1. The van der Waals surface area contributed by atoms with Gasteiger partial charge in [-0.15, -0.1) is 11.3 Å². The van der Waals surface area contributed by atoms with Crippen LogP contribution < -0.4 is 0 Å². The van der Waals surface area contributed by atoms with Crippen LogP contribution in [-0.2, 0) is 19.6 Å². The van der Waals surface area contributed by atoms with Gasteiger partial charge in [0.25, 0.3) is 10.0 Å². The molecular formula is C12H14N2O4S2. The molecular weight excluding hydrogens is 300 g/mol. The Morgan fingerprint density at radius 3 is 2.75 bits per heavy atom. The fraction of sp³-hybridized carbons (Fsp3) is 0.500. The lowest BCUT2D eigenvalue weighted by atomic mass is 9.98. The van der Waals surface area contributed by atoms with Crippen LogP contribution in [0.25, 0.3) is 0 Å². The number of hydrogen-bond acceptors (Lipinski definition) is 6. The van der Waals surface area contributed by atoms with Crippen LogP contribution in [0, 0.1) is 17.2 Å². The molecule has 20 heavy (non-hydrogen) atoms. The van der Waals surface area contributed by atoms with Crippen molar-refractivity contribution in [1.82, 2.24) is 4.31 Å². The fourth-order valence-electron chi connectivity index (χ4n) is 2.09. The average Bonchev–Trinajstić information content (AvgIpc) is 3.00. The van der Waals surface area contributed by atoms with E-state index in [1.807, 2.05) is 0 Å². The van der Waals surface area contributed by atoms with E-state index in [4.69, 9.17) is 10.00 Å². The molecule has 1 saturated heterocycles. The van der Waals surface area contributed by atoms with E-state index >= 15 is 0 Å². The molecule has 0 bridgehead atoms. The molecule has 0 aromatic carbocycles.